The first kappa shape index (κ1) is 23.0. The van der Waals surface area contributed by atoms with E-state index in [4.69, 9.17) is 20.8 Å². The number of benzene rings is 2. The normalized spacial score (nSPS) is 15.3. The Morgan fingerprint density at radius 3 is 2.45 bits per heavy atom. The van der Waals surface area contributed by atoms with Gasteiger partial charge in [-0.25, -0.2) is 9.78 Å². The minimum atomic E-state index is -0.593. The number of piperazine rings is 1. The Balaban J connectivity index is 1.33. The molecule has 0 bridgehead atoms. The van der Waals surface area contributed by atoms with E-state index in [0.29, 0.717) is 61.3 Å². The molecule has 4 rings (SSSR count). The van der Waals surface area contributed by atoms with Crippen LogP contribution >= 0.6 is 11.6 Å². The summed E-state index contributed by atoms with van der Waals surface area (Å²) in [5.74, 6) is 0.924. The van der Waals surface area contributed by atoms with Crippen molar-refractivity contribution >= 4 is 23.5 Å². The summed E-state index contributed by atoms with van der Waals surface area (Å²) in [6, 6.07) is 16.4. The van der Waals surface area contributed by atoms with Gasteiger partial charge < -0.3 is 14.1 Å². The monoisotopic (exact) mass is 467 g/mol. The minimum Gasteiger partial charge on any atom is -0.468 e. The first-order chi connectivity index (χ1) is 16.1. The van der Waals surface area contributed by atoms with Crippen LogP contribution in [0.3, 0.4) is 0 Å². The second-order valence-corrected chi connectivity index (χ2v) is 8.26. The first-order valence-electron chi connectivity index (χ1n) is 10.9. The lowest BCUT2D eigenvalue weighted by molar-refractivity contribution is -0.148. The molecular weight excluding hydrogens is 442 g/mol. The number of ether oxygens (including phenoxy) is 1. The molecule has 1 aliphatic rings. The number of hydrogen-bond donors (Lipinski definition) is 0. The van der Waals surface area contributed by atoms with Gasteiger partial charge in [0.25, 0.3) is 0 Å². The van der Waals surface area contributed by atoms with Gasteiger partial charge in [-0.1, -0.05) is 60.1 Å². The standard InChI is InChI=1S/C25H26ClN3O4/c1-32-25(31)24(19-9-5-6-10-20(19)26)29-15-13-28(14-16-29)23(30)12-11-22-27-17-21(33-22)18-7-3-2-4-8-18/h2-10,17,24H,11-16H2,1H3/t24-/m1/s1. The average Bonchev–Trinajstić information content (AvgIpc) is 3.34. The highest BCUT2D eigenvalue weighted by atomic mass is 35.5. The lowest BCUT2D eigenvalue weighted by Gasteiger charge is -2.38. The van der Waals surface area contributed by atoms with Crippen LogP contribution in [0.25, 0.3) is 11.3 Å². The van der Waals surface area contributed by atoms with Crippen LogP contribution in [-0.2, 0) is 20.7 Å². The van der Waals surface area contributed by atoms with Crippen LogP contribution in [0, 0.1) is 0 Å². The Morgan fingerprint density at radius 1 is 1.06 bits per heavy atom. The van der Waals surface area contributed by atoms with E-state index < -0.39 is 6.04 Å². The smallest absolute Gasteiger partial charge is 0.327 e. The van der Waals surface area contributed by atoms with E-state index in [1.165, 1.54) is 7.11 Å². The Hall–Kier alpha value is -3.16. The molecule has 0 N–H and O–H groups in total. The number of halogens is 1. The van der Waals surface area contributed by atoms with Crippen LogP contribution in [0.4, 0.5) is 0 Å². The summed E-state index contributed by atoms with van der Waals surface area (Å²) in [5, 5.41) is 0.521. The predicted molar refractivity (Wildman–Crippen MR) is 125 cm³/mol. The molecule has 0 radical (unpaired) electrons. The molecule has 0 unspecified atom stereocenters. The average molecular weight is 468 g/mol. The first-order valence-corrected chi connectivity index (χ1v) is 11.3. The third-order valence-corrected chi connectivity index (χ3v) is 6.17. The van der Waals surface area contributed by atoms with Crippen molar-refractivity contribution in [1.29, 1.82) is 0 Å². The van der Waals surface area contributed by atoms with Crippen molar-refractivity contribution in [2.45, 2.75) is 18.9 Å². The van der Waals surface area contributed by atoms with Gasteiger partial charge >= 0.3 is 5.97 Å². The van der Waals surface area contributed by atoms with Crippen molar-refractivity contribution in [1.82, 2.24) is 14.8 Å². The topological polar surface area (TPSA) is 75.9 Å². The second kappa shape index (κ2) is 10.6. The molecule has 0 saturated carbocycles. The zero-order chi connectivity index (χ0) is 23.2. The summed E-state index contributed by atoms with van der Waals surface area (Å²) < 4.78 is 10.8. The Bertz CT molecular complexity index is 1090. The number of rotatable bonds is 7. The molecule has 3 aromatic rings. The van der Waals surface area contributed by atoms with E-state index in [9.17, 15) is 9.59 Å². The van der Waals surface area contributed by atoms with Crippen molar-refractivity contribution in [2.24, 2.45) is 0 Å². The molecular formula is C25H26ClN3O4. The van der Waals surface area contributed by atoms with Crippen molar-refractivity contribution in [3.8, 4) is 11.3 Å². The Kier molecular flexibility index (Phi) is 7.42. The third-order valence-electron chi connectivity index (χ3n) is 5.82. The van der Waals surface area contributed by atoms with Crippen LogP contribution in [0.15, 0.2) is 65.2 Å². The lowest BCUT2D eigenvalue weighted by Crippen LogP contribution is -2.51. The van der Waals surface area contributed by atoms with Crippen molar-refractivity contribution in [3.05, 3.63) is 77.3 Å². The predicted octanol–water partition coefficient (Wildman–Crippen LogP) is 3.99. The fourth-order valence-corrected chi connectivity index (χ4v) is 4.28. The highest BCUT2D eigenvalue weighted by Crippen LogP contribution is 2.29. The molecule has 1 saturated heterocycles. The van der Waals surface area contributed by atoms with E-state index in [0.717, 1.165) is 5.56 Å². The molecule has 1 aromatic heterocycles. The molecule has 1 amide bonds. The molecule has 2 heterocycles. The van der Waals surface area contributed by atoms with Crippen LogP contribution < -0.4 is 0 Å². The molecule has 1 aliphatic heterocycles. The van der Waals surface area contributed by atoms with E-state index in [1.807, 2.05) is 58.3 Å². The van der Waals surface area contributed by atoms with Crippen LogP contribution in [0.2, 0.25) is 5.02 Å². The summed E-state index contributed by atoms with van der Waals surface area (Å²) in [7, 11) is 1.37. The number of amides is 1. The van der Waals surface area contributed by atoms with Crippen LogP contribution in [-0.4, -0.2) is 59.9 Å². The Morgan fingerprint density at radius 2 is 1.76 bits per heavy atom. The van der Waals surface area contributed by atoms with E-state index in [2.05, 4.69) is 4.98 Å². The van der Waals surface area contributed by atoms with Gasteiger partial charge in [0.2, 0.25) is 5.91 Å². The molecule has 0 spiro atoms. The molecule has 0 aliphatic carbocycles. The van der Waals surface area contributed by atoms with Gasteiger partial charge in [0.05, 0.1) is 13.3 Å². The number of carbonyl (C=O) groups is 2. The lowest BCUT2D eigenvalue weighted by atomic mass is 10.0. The summed E-state index contributed by atoms with van der Waals surface area (Å²) in [6.45, 7) is 2.15. The molecule has 7 nitrogen and oxygen atoms in total. The summed E-state index contributed by atoms with van der Waals surface area (Å²) in [4.78, 5) is 33.4. The number of carbonyl (C=O) groups excluding carboxylic acids is 2. The van der Waals surface area contributed by atoms with Gasteiger partial charge in [-0.3, -0.25) is 9.69 Å². The van der Waals surface area contributed by atoms with E-state index >= 15 is 0 Å². The Labute approximate surface area is 197 Å². The highest BCUT2D eigenvalue weighted by Gasteiger charge is 2.33. The zero-order valence-corrected chi connectivity index (χ0v) is 19.2. The van der Waals surface area contributed by atoms with E-state index in [1.54, 1.807) is 12.3 Å². The molecule has 172 valence electrons. The maximum absolute atomic E-state index is 12.8. The van der Waals surface area contributed by atoms with Gasteiger partial charge in [0, 0.05) is 49.6 Å². The number of aromatic nitrogens is 1. The van der Waals surface area contributed by atoms with Gasteiger partial charge in [-0.2, -0.15) is 0 Å². The van der Waals surface area contributed by atoms with Crippen molar-refractivity contribution in [3.63, 3.8) is 0 Å². The fourth-order valence-electron chi connectivity index (χ4n) is 4.04. The maximum atomic E-state index is 12.8. The van der Waals surface area contributed by atoms with Gasteiger partial charge in [-0.15, -0.1) is 0 Å². The summed E-state index contributed by atoms with van der Waals surface area (Å²) in [5.41, 5.74) is 1.67. The summed E-state index contributed by atoms with van der Waals surface area (Å²) in [6.07, 6.45) is 2.45. The molecule has 1 atom stereocenters. The zero-order valence-electron chi connectivity index (χ0n) is 18.4. The fraction of sp³-hybridized carbons (Fsp3) is 0.320. The van der Waals surface area contributed by atoms with E-state index in [-0.39, 0.29) is 11.9 Å². The van der Waals surface area contributed by atoms with Crippen molar-refractivity contribution < 1.29 is 18.7 Å². The largest absolute Gasteiger partial charge is 0.468 e. The molecule has 33 heavy (non-hydrogen) atoms. The number of methoxy groups -OCH3 is 1. The number of oxazole rings is 1. The molecule has 2 aromatic carbocycles. The summed E-state index contributed by atoms with van der Waals surface area (Å²) >= 11 is 6.34. The van der Waals surface area contributed by atoms with Gasteiger partial charge in [-0.05, 0) is 11.6 Å². The molecule has 1 fully saturated rings. The number of esters is 1. The number of nitrogens with zero attached hydrogens (tertiary/aromatic N) is 3. The third kappa shape index (κ3) is 5.43. The maximum Gasteiger partial charge on any atom is 0.327 e. The van der Waals surface area contributed by atoms with Crippen molar-refractivity contribution in [2.75, 3.05) is 33.3 Å². The van der Waals surface area contributed by atoms with Crippen LogP contribution in [0.5, 0.6) is 0 Å². The highest BCUT2D eigenvalue weighted by molar-refractivity contribution is 6.31. The van der Waals surface area contributed by atoms with Crippen LogP contribution in [0.1, 0.15) is 23.9 Å². The van der Waals surface area contributed by atoms with Gasteiger partial charge in [0.15, 0.2) is 11.7 Å². The number of aryl methyl sites for hydroxylation is 1. The minimum absolute atomic E-state index is 0.0430. The second-order valence-electron chi connectivity index (χ2n) is 7.85. The number of hydrogen-bond acceptors (Lipinski definition) is 6. The molecule has 8 heteroatoms. The van der Waals surface area contributed by atoms with Gasteiger partial charge in [0.1, 0.15) is 6.04 Å². The SMILES string of the molecule is COC(=O)[C@@H](c1ccccc1Cl)N1CCN(C(=O)CCc2ncc(-c3ccccc3)o2)CC1. The quantitative estimate of drug-likeness (QED) is 0.489.